The van der Waals surface area contributed by atoms with Gasteiger partial charge in [-0.25, -0.2) is 9.78 Å². The summed E-state index contributed by atoms with van der Waals surface area (Å²) in [5.74, 6) is 1.02. The van der Waals surface area contributed by atoms with Crippen molar-refractivity contribution >= 4 is 40.0 Å². The number of aliphatic hydroxyl groups is 1. The molecule has 1 aliphatic rings. The zero-order chi connectivity index (χ0) is 30.6. The molecule has 0 atom stereocenters. The standard InChI is InChI=1S/C34H42N6O3/c1-24-12-17-38(18-13-24)23-25-5-7-26(8-6-25)32(41)37-31-22-29(11-16-36-31)39(20-15-34(2,3)43)28-9-10-30-27(21-28)14-19-40(30)33(42)35-4/h5-11,14,16,19,21-22,24,43H,12-13,15,17-18,20,23H2,1-4H3,(H,35,42)(H,36,37,41). The third kappa shape index (κ3) is 7.60. The van der Waals surface area contributed by atoms with E-state index in [4.69, 9.17) is 0 Å². The number of hydrogen-bond donors (Lipinski definition) is 3. The van der Waals surface area contributed by atoms with Gasteiger partial charge in [0.1, 0.15) is 5.82 Å². The summed E-state index contributed by atoms with van der Waals surface area (Å²) in [4.78, 5) is 34.4. The van der Waals surface area contributed by atoms with Crippen LogP contribution in [0.5, 0.6) is 0 Å². The molecule has 0 bridgehead atoms. The topological polar surface area (TPSA) is 103 Å². The monoisotopic (exact) mass is 582 g/mol. The summed E-state index contributed by atoms with van der Waals surface area (Å²) in [7, 11) is 1.60. The molecule has 4 aromatic rings. The highest BCUT2D eigenvalue weighted by atomic mass is 16.3. The summed E-state index contributed by atoms with van der Waals surface area (Å²) in [6, 6.07) is 19.1. The van der Waals surface area contributed by atoms with Gasteiger partial charge in [0.15, 0.2) is 0 Å². The van der Waals surface area contributed by atoms with Crippen molar-refractivity contribution < 1.29 is 14.7 Å². The number of hydrogen-bond acceptors (Lipinski definition) is 6. The lowest BCUT2D eigenvalue weighted by molar-refractivity contribution is 0.0737. The zero-order valence-corrected chi connectivity index (χ0v) is 25.5. The average molecular weight is 583 g/mol. The second-order valence-corrected chi connectivity index (χ2v) is 12.2. The Morgan fingerprint density at radius 3 is 2.44 bits per heavy atom. The van der Waals surface area contributed by atoms with Gasteiger partial charge in [0.25, 0.3) is 5.91 Å². The quantitative estimate of drug-likeness (QED) is 0.224. The molecule has 2 aromatic carbocycles. The van der Waals surface area contributed by atoms with E-state index in [1.54, 1.807) is 37.9 Å². The number of carbonyl (C=O) groups is 2. The summed E-state index contributed by atoms with van der Waals surface area (Å²) < 4.78 is 1.57. The first-order valence-corrected chi connectivity index (χ1v) is 15.0. The van der Waals surface area contributed by atoms with Gasteiger partial charge in [-0.1, -0.05) is 19.1 Å². The molecule has 5 rings (SSSR count). The molecule has 9 nitrogen and oxygen atoms in total. The molecule has 3 heterocycles. The predicted molar refractivity (Wildman–Crippen MR) is 172 cm³/mol. The third-order valence-corrected chi connectivity index (χ3v) is 8.16. The van der Waals surface area contributed by atoms with E-state index >= 15 is 0 Å². The van der Waals surface area contributed by atoms with Crippen LogP contribution in [0.25, 0.3) is 10.9 Å². The van der Waals surface area contributed by atoms with Gasteiger partial charge in [0.05, 0.1) is 11.1 Å². The van der Waals surface area contributed by atoms with Crippen molar-refractivity contribution in [3.63, 3.8) is 0 Å². The lowest BCUT2D eigenvalue weighted by Crippen LogP contribution is -2.32. The van der Waals surface area contributed by atoms with E-state index in [9.17, 15) is 14.7 Å². The molecule has 1 aliphatic heterocycles. The Balaban J connectivity index is 1.33. The van der Waals surface area contributed by atoms with Gasteiger partial charge in [-0.15, -0.1) is 0 Å². The van der Waals surface area contributed by atoms with E-state index in [1.165, 1.54) is 18.4 Å². The maximum Gasteiger partial charge on any atom is 0.325 e. The average Bonchev–Trinajstić information content (AvgIpc) is 3.41. The van der Waals surface area contributed by atoms with Gasteiger partial charge >= 0.3 is 6.03 Å². The fourth-order valence-electron chi connectivity index (χ4n) is 5.47. The van der Waals surface area contributed by atoms with Crippen molar-refractivity contribution in [1.82, 2.24) is 19.8 Å². The fourth-order valence-corrected chi connectivity index (χ4v) is 5.47. The van der Waals surface area contributed by atoms with Crippen LogP contribution < -0.4 is 15.5 Å². The number of aromatic nitrogens is 2. The number of nitrogens with zero attached hydrogens (tertiary/aromatic N) is 4. The molecule has 9 heteroatoms. The summed E-state index contributed by atoms with van der Waals surface area (Å²) >= 11 is 0. The summed E-state index contributed by atoms with van der Waals surface area (Å²) in [5, 5.41) is 17.0. The van der Waals surface area contributed by atoms with Crippen LogP contribution in [0.2, 0.25) is 0 Å². The minimum atomic E-state index is -0.868. The van der Waals surface area contributed by atoms with E-state index in [0.29, 0.717) is 24.3 Å². The Morgan fingerprint density at radius 1 is 1.02 bits per heavy atom. The van der Waals surface area contributed by atoms with Crippen LogP contribution in [0, 0.1) is 5.92 Å². The molecular formula is C34H42N6O3. The van der Waals surface area contributed by atoms with Crippen molar-refractivity contribution in [2.75, 3.05) is 36.9 Å². The van der Waals surface area contributed by atoms with Crippen LogP contribution in [-0.2, 0) is 6.54 Å². The van der Waals surface area contributed by atoms with Crippen LogP contribution in [0.4, 0.5) is 22.0 Å². The van der Waals surface area contributed by atoms with E-state index in [1.807, 2.05) is 60.7 Å². The van der Waals surface area contributed by atoms with Crippen LogP contribution >= 0.6 is 0 Å². The lowest BCUT2D eigenvalue weighted by atomic mass is 9.99. The largest absolute Gasteiger partial charge is 0.390 e. The Morgan fingerprint density at radius 2 is 1.74 bits per heavy atom. The maximum atomic E-state index is 13.1. The normalized spacial score (nSPS) is 14.5. The lowest BCUT2D eigenvalue weighted by Gasteiger charge is -2.30. The van der Waals surface area contributed by atoms with Crippen molar-refractivity contribution in [3.05, 3.63) is 84.2 Å². The summed E-state index contributed by atoms with van der Waals surface area (Å²) in [6.45, 7) is 9.56. The van der Waals surface area contributed by atoms with Gasteiger partial charge in [0, 0.05) is 60.9 Å². The van der Waals surface area contributed by atoms with Crippen LogP contribution in [0.15, 0.2) is 73.1 Å². The number of fused-ring (bicyclic) bond motifs is 1. The maximum absolute atomic E-state index is 13.1. The Hall–Kier alpha value is -4.21. The number of pyridine rings is 1. The van der Waals surface area contributed by atoms with Crippen LogP contribution in [0.1, 0.15) is 56.0 Å². The fraction of sp³-hybridized carbons (Fsp3) is 0.382. The molecular weight excluding hydrogens is 540 g/mol. The Kier molecular flexibility index (Phi) is 9.13. The third-order valence-electron chi connectivity index (χ3n) is 8.16. The molecule has 0 aliphatic carbocycles. The van der Waals surface area contributed by atoms with Crippen molar-refractivity contribution in [3.8, 4) is 0 Å². The molecule has 226 valence electrons. The molecule has 1 fully saturated rings. The number of rotatable bonds is 9. The molecule has 3 N–H and O–H groups in total. The van der Waals surface area contributed by atoms with E-state index in [0.717, 1.165) is 47.8 Å². The molecule has 0 saturated carbocycles. The number of carbonyl (C=O) groups excluding carboxylic acids is 2. The molecule has 1 saturated heterocycles. The van der Waals surface area contributed by atoms with E-state index in [-0.39, 0.29) is 11.9 Å². The van der Waals surface area contributed by atoms with Gasteiger partial charge in [-0.3, -0.25) is 14.3 Å². The van der Waals surface area contributed by atoms with Crippen molar-refractivity contribution in [2.45, 2.75) is 52.2 Å². The molecule has 2 amide bonds. The number of anilines is 3. The number of benzene rings is 2. The first kappa shape index (κ1) is 30.3. The first-order valence-electron chi connectivity index (χ1n) is 15.0. The molecule has 2 aromatic heterocycles. The Labute approximate surface area is 253 Å². The van der Waals surface area contributed by atoms with Gasteiger partial charge in [-0.05, 0) is 100 Å². The van der Waals surface area contributed by atoms with Crippen molar-refractivity contribution in [1.29, 1.82) is 0 Å². The number of likely N-dealkylation sites (tertiary alicyclic amines) is 1. The SMILES string of the molecule is CNC(=O)n1ccc2cc(N(CCC(C)(C)O)c3ccnc(NC(=O)c4ccc(CN5CCC(C)CC5)cc4)c3)ccc21. The van der Waals surface area contributed by atoms with Gasteiger partial charge in [0.2, 0.25) is 0 Å². The summed E-state index contributed by atoms with van der Waals surface area (Å²) in [5.41, 5.74) is 3.43. The second-order valence-electron chi connectivity index (χ2n) is 12.2. The van der Waals surface area contributed by atoms with Gasteiger partial charge in [-0.2, -0.15) is 0 Å². The summed E-state index contributed by atoms with van der Waals surface area (Å²) in [6.07, 6.45) is 6.40. The molecule has 0 spiro atoms. The minimum absolute atomic E-state index is 0.206. The predicted octanol–water partition coefficient (Wildman–Crippen LogP) is 6.01. The van der Waals surface area contributed by atoms with E-state index < -0.39 is 5.60 Å². The van der Waals surface area contributed by atoms with Crippen molar-refractivity contribution in [2.24, 2.45) is 5.92 Å². The number of amides is 2. The minimum Gasteiger partial charge on any atom is -0.390 e. The molecule has 0 unspecified atom stereocenters. The molecule has 0 radical (unpaired) electrons. The Bertz CT molecular complexity index is 1570. The number of nitrogens with one attached hydrogen (secondary N) is 2. The highest BCUT2D eigenvalue weighted by molar-refractivity contribution is 6.04. The highest BCUT2D eigenvalue weighted by Crippen LogP contribution is 2.31. The number of piperidine rings is 1. The smallest absolute Gasteiger partial charge is 0.325 e. The molecule has 43 heavy (non-hydrogen) atoms. The second kappa shape index (κ2) is 13.0. The van der Waals surface area contributed by atoms with Gasteiger partial charge < -0.3 is 20.6 Å². The van der Waals surface area contributed by atoms with Crippen LogP contribution in [-0.4, -0.2) is 63.8 Å². The zero-order valence-electron chi connectivity index (χ0n) is 25.5. The highest BCUT2D eigenvalue weighted by Gasteiger charge is 2.20. The first-order chi connectivity index (χ1) is 20.6. The van der Waals surface area contributed by atoms with E-state index in [2.05, 4.69) is 32.3 Å². The van der Waals surface area contributed by atoms with Crippen LogP contribution in [0.3, 0.4) is 0 Å².